The Kier molecular flexibility index (Phi) is 5.07. The van der Waals surface area contributed by atoms with Crippen LogP contribution < -0.4 is 9.46 Å². The summed E-state index contributed by atoms with van der Waals surface area (Å²) >= 11 is 5.88. The third kappa shape index (κ3) is 4.57. The van der Waals surface area contributed by atoms with Crippen molar-refractivity contribution >= 4 is 33.3 Å². The van der Waals surface area contributed by atoms with Crippen LogP contribution in [0.4, 0.5) is 10.1 Å². The van der Waals surface area contributed by atoms with Gasteiger partial charge in [0, 0.05) is 5.69 Å². The first-order valence-electron chi connectivity index (χ1n) is 6.20. The molecule has 2 N–H and O–H groups in total. The quantitative estimate of drug-likeness (QED) is 0.827. The van der Waals surface area contributed by atoms with Gasteiger partial charge < -0.3 is 9.84 Å². The molecule has 0 aromatic heterocycles. The van der Waals surface area contributed by atoms with Crippen LogP contribution >= 0.6 is 11.6 Å². The number of hydrogen-bond donors (Lipinski definition) is 2. The van der Waals surface area contributed by atoms with Gasteiger partial charge in [0.15, 0.2) is 6.61 Å². The molecule has 0 radical (unpaired) electrons. The highest BCUT2D eigenvalue weighted by atomic mass is 35.5. The average Bonchev–Trinajstić information content (AvgIpc) is 2.48. The third-order valence-corrected chi connectivity index (χ3v) is 4.34. The number of carbonyl (C=O) groups is 1. The Bertz CT molecular complexity index is 824. The molecule has 9 heteroatoms. The van der Waals surface area contributed by atoms with Crippen LogP contribution in [0, 0.1) is 5.82 Å². The van der Waals surface area contributed by atoms with Crippen molar-refractivity contribution in [3.8, 4) is 5.75 Å². The highest BCUT2D eigenvalue weighted by Gasteiger charge is 2.17. The highest BCUT2D eigenvalue weighted by molar-refractivity contribution is 7.92. The first kappa shape index (κ1) is 17.0. The van der Waals surface area contributed by atoms with E-state index in [9.17, 15) is 17.6 Å². The number of aliphatic carboxylic acids is 1. The van der Waals surface area contributed by atoms with E-state index in [0.29, 0.717) is 0 Å². The van der Waals surface area contributed by atoms with E-state index in [0.717, 1.165) is 18.2 Å². The maximum Gasteiger partial charge on any atom is 0.341 e. The number of rotatable bonds is 6. The lowest BCUT2D eigenvalue weighted by atomic mass is 10.3. The van der Waals surface area contributed by atoms with Gasteiger partial charge in [-0.3, -0.25) is 4.72 Å². The normalized spacial score (nSPS) is 11.0. The van der Waals surface area contributed by atoms with E-state index in [-0.39, 0.29) is 21.4 Å². The van der Waals surface area contributed by atoms with Crippen molar-refractivity contribution in [3.05, 3.63) is 53.3 Å². The minimum atomic E-state index is -3.93. The number of anilines is 1. The summed E-state index contributed by atoms with van der Waals surface area (Å²) in [6, 6.07) is 8.39. The van der Waals surface area contributed by atoms with Gasteiger partial charge in [0.25, 0.3) is 10.0 Å². The summed E-state index contributed by atoms with van der Waals surface area (Å²) in [7, 11) is -3.93. The van der Waals surface area contributed by atoms with Crippen molar-refractivity contribution in [2.45, 2.75) is 4.90 Å². The minimum absolute atomic E-state index is 0.0479. The zero-order valence-electron chi connectivity index (χ0n) is 11.5. The molecule has 2 aromatic rings. The molecular formula is C14H11ClFNO5S. The van der Waals surface area contributed by atoms with Crippen LogP contribution in [0.5, 0.6) is 5.75 Å². The van der Waals surface area contributed by atoms with Crippen LogP contribution in [-0.4, -0.2) is 26.1 Å². The van der Waals surface area contributed by atoms with E-state index in [4.69, 9.17) is 21.4 Å². The van der Waals surface area contributed by atoms with Crippen LogP contribution in [0.2, 0.25) is 5.02 Å². The molecule has 0 aliphatic rings. The van der Waals surface area contributed by atoms with Crippen molar-refractivity contribution in [3.63, 3.8) is 0 Å². The lowest BCUT2D eigenvalue weighted by Crippen LogP contribution is -2.13. The molecule has 6 nitrogen and oxygen atoms in total. The topological polar surface area (TPSA) is 92.7 Å². The summed E-state index contributed by atoms with van der Waals surface area (Å²) in [4.78, 5) is 10.3. The van der Waals surface area contributed by atoms with Crippen molar-refractivity contribution in [2.75, 3.05) is 11.3 Å². The molecule has 0 aliphatic heterocycles. The zero-order chi connectivity index (χ0) is 17.0. The van der Waals surface area contributed by atoms with Gasteiger partial charge in [-0.1, -0.05) is 11.6 Å². The van der Waals surface area contributed by atoms with Gasteiger partial charge in [0.1, 0.15) is 11.6 Å². The Morgan fingerprint density at radius 1 is 1.22 bits per heavy atom. The van der Waals surface area contributed by atoms with Crippen LogP contribution in [0.25, 0.3) is 0 Å². The molecule has 0 amide bonds. The molecule has 0 atom stereocenters. The van der Waals surface area contributed by atoms with Crippen LogP contribution in [0.3, 0.4) is 0 Å². The SMILES string of the molecule is O=C(O)COc1ccc(S(=O)(=O)Nc2ccc(F)cc2)cc1Cl. The summed E-state index contributed by atoms with van der Waals surface area (Å²) in [5, 5.41) is 8.48. The first-order chi connectivity index (χ1) is 10.8. The van der Waals surface area contributed by atoms with Gasteiger partial charge in [0.05, 0.1) is 9.92 Å². The van der Waals surface area contributed by atoms with Crippen molar-refractivity contribution < 1.29 is 27.4 Å². The Morgan fingerprint density at radius 3 is 2.43 bits per heavy atom. The second-order valence-electron chi connectivity index (χ2n) is 4.39. The Labute approximate surface area is 136 Å². The average molecular weight is 360 g/mol. The largest absolute Gasteiger partial charge is 0.480 e. The van der Waals surface area contributed by atoms with Gasteiger partial charge in [-0.25, -0.2) is 17.6 Å². The number of halogens is 2. The second-order valence-corrected chi connectivity index (χ2v) is 6.48. The van der Waals surface area contributed by atoms with E-state index in [1.54, 1.807) is 0 Å². The fourth-order valence-electron chi connectivity index (χ4n) is 1.64. The Morgan fingerprint density at radius 2 is 1.87 bits per heavy atom. The van der Waals surface area contributed by atoms with Gasteiger partial charge in [-0.2, -0.15) is 0 Å². The molecular weight excluding hydrogens is 349 g/mol. The summed E-state index contributed by atoms with van der Waals surface area (Å²) in [5.41, 5.74) is 0.189. The van der Waals surface area contributed by atoms with Gasteiger partial charge in [-0.05, 0) is 42.5 Å². The van der Waals surface area contributed by atoms with E-state index in [1.165, 1.54) is 24.3 Å². The zero-order valence-corrected chi connectivity index (χ0v) is 13.1. The summed E-state index contributed by atoms with van der Waals surface area (Å²) in [5.74, 6) is -1.62. The molecule has 0 spiro atoms. The number of carboxylic acid groups (broad SMARTS) is 1. The van der Waals surface area contributed by atoms with Crippen molar-refractivity contribution in [2.24, 2.45) is 0 Å². The number of hydrogen-bond acceptors (Lipinski definition) is 4. The van der Waals surface area contributed by atoms with E-state index < -0.39 is 28.4 Å². The molecule has 0 bridgehead atoms. The molecule has 2 rings (SSSR count). The molecule has 0 aliphatic carbocycles. The molecule has 0 heterocycles. The third-order valence-electron chi connectivity index (χ3n) is 2.66. The van der Waals surface area contributed by atoms with Crippen molar-refractivity contribution in [1.29, 1.82) is 0 Å². The second kappa shape index (κ2) is 6.84. The van der Waals surface area contributed by atoms with Gasteiger partial charge in [0.2, 0.25) is 0 Å². The number of ether oxygens (including phenoxy) is 1. The minimum Gasteiger partial charge on any atom is -0.480 e. The smallest absolute Gasteiger partial charge is 0.341 e. The molecule has 0 fully saturated rings. The number of nitrogens with one attached hydrogen (secondary N) is 1. The van der Waals surface area contributed by atoms with Crippen LogP contribution in [0.1, 0.15) is 0 Å². The molecule has 122 valence electrons. The summed E-state index contributed by atoms with van der Waals surface area (Å²) < 4.78 is 44.4. The maximum absolute atomic E-state index is 12.8. The van der Waals surface area contributed by atoms with E-state index >= 15 is 0 Å². The maximum atomic E-state index is 12.8. The molecule has 2 aromatic carbocycles. The monoisotopic (exact) mass is 359 g/mol. The fourth-order valence-corrected chi connectivity index (χ4v) is 3.02. The summed E-state index contributed by atoms with van der Waals surface area (Å²) in [6.45, 7) is -0.598. The fraction of sp³-hybridized carbons (Fsp3) is 0.0714. The predicted molar refractivity (Wildman–Crippen MR) is 81.8 cm³/mol. The standard InChI is InChI=1S/C14H11ClFNO5S/c15-12-7-11(5-6-13(12)22-8-14(18)19)23(20,21)17-10-3-1-9(16)2-4-10/h1-7,17H,8H2,(H,18,19). The highest BCUT2D eigenvalue weighted by Crippen LogP contribution is 2.28. The van der Waals surface area contributed by atoms with E-state index in [2.05, 4.69) is 4.72 Å². The predicted octanol–water partition coefficient (Wildman–Crippen LogP) is 2.74. The van der Waals surface area contributed by atoms with Gasteiger partial charge in [-0.15, -0.1) is 0 Å². The molecule has 0 saturated carbocycles. The number of benzene rings is 2. The molecule has 0 saturated heterocycles. The Balaban J connectivity index is 2.21. The Hall–Kier alpha value is -2.32. The van der Waals surface area contributed by atoms with Crippen LogP contribution in [-0.2, 0) is 14.8 Å². The number of sulfonamides is 1. The van der Waals surface area contributed by atoms with E-state index in [1.807, 2.05) is 0 Å². The number of carboxylic acids is 1. The first-order valence-corrected chi connectivity index (χ1v) is 8.06. The molecule has 23 heavy (non-hydrogen) atoms. The molecule has 0 unspecified atom stereocenters. The van der Waals surface area contributed by atoms with Gasteiger partial charge >= 0.3 is 5.97 Å². The lowest BCUT2D eigenvalue weighted by molar-refractivity contribution is -0.139. The summed E-state index contributed by atoms with van der Waals surface area (Å²) in [6.07, 6.45) is 0. The van der Waals surface area contributed by atoms with Crippen molar-refractivity contribution in [1.82, 2.24) is 0 Å². The lowest BCUT2D eigenvalue weighted by Gasteiger charge is -2.10. The van der Waals surface area contributed by atoms with Crippen LogP contribution in [0.15, 0.2) is 47.4 Å².